The number of ether oxygens (including phenoxy) is 1. The molecule has 2 atom stereocenters. The first-order valence-corrected chi connectivity index (χ1v) is 13.1. The third-order valence-electron chi connectivity index (χ3n) is 7.74. The number of pyridine rings is 2. The lowest BCUT2D eigenvalue weighted by atomic mass is 9.87. The van der Waals surface area contributed by atoms with E-state index < -0.39 is 0 Å². The topological polar surface area (TPSA) is 129 Å². The van der Waals surface area contributed by atoms with Gasteiger partial charge in [-0.3, -0.25) is 9.89 Å². The second-order valence-corrected chi connectivity index (χ2v) is 10.0. The maximum absolute atomic E-state index is 9.79. The second-order valence-electron chi connectivity index (χ2n) is 10.0. The number of nitrogens with zero attached hydrogens (tertiary/aromatic N) is 8. The fourth-order valence-electron chi connectivity index (χ4n) is 5.73. The number of anilines is 1. The van der Waals surface area contributed by atoms with Gasteiger partial charge in [-0.25, -0.2) is 9.97 Å². The Hall–Kier alpha value is -4.88. The molecule has 3 saturated heterocycles. The molecule has 200 valence electrons. The SMILES string of the molecule is CN=CC(=CN)c1cc(-c2ccc(N3CC4CC(C3)N4Cc3ccc(OC)nc3)nc2)c2c(C#N)cnnc2c1. The van der Waals surface area contributed by atoms with Crippen LogP contribution < -0.4 is 15.4 Å². The van der Waals surface area contributed by atoms with E-state index in [9.17, 15) is 5.26 Å². The largest absolute Gasteiger partial charge is 0.481 e. The number of methoxy groups -OCH3 is 1. The minimum Gasteiger partial charge on any atom is -0.481 e. The zero-order chi connectivity index (χ0) is 27.6. The summed E-state index contributed by atoms with van der Waals surface area (Å²) >= 11 is 0. The van der Waals surface area contributed by atoms with Crippen molar-refractivity contribution in [2.24, 2.45) is 10.7 Å². The minimum atomic E-state index is 0.460. The van der Waals surface area contributed by atoms with Crippen molar-refractivity contribution in [3.63, 3.8) is 0 Å². The highest BCUT2D eigenvalue weighted by atomic mass is 16.5. The highest BCUT2D eigenvalue weighted by Gasteiger charge is 2.44. The molecule has 2 N–H and O–H groups in total. The van der Waals surface area contributed by atoms with Crippen LogP contribution in [-0.2, 0) is 6.54 Å². The van der Waals surface area contributed by atoms with E-state index in [-0.39, 0.29) is 0 Å². The molecule has 0 spiro atoms. The molecule has 0 aliphatic carbocycles. The fraction of sp³-hybridized carbons (Fsp3) is 0.267. The van der Waals surface area contributed by atoms with E-state index in [1.807, 2.05) is 30.6 Å². The number of fused-ring (bicyclic) bond motifs is 3. The first-order valence-electron chi connectivity index (χ1n) is 13.1. The van der Waals surface area contributed by atoms with Crippen molar-refractivity contribution in [2.45, 2.75) is 25.0 Å². The van der Waals surface area contributed by atoms with Gasteiger partial charge in [0.2, 0.25) is 5.88 Å². The standard InChI is InChI=1S/C30H29N9O/c1-33-13-22(10-31)21-7-26(30-23(11-32)15-36-37-27(30)8-21)20-4-5-28(34-14-20)38-17-24-9-25(18-38)39(24)16-19-3-6-29(40-2)35-12-19/h3-8,10,12-15,24-25H,9,16-18,31H2,1-2H3. The summed E-state index contributed by atoms with van der Waals surface area (Å²) in [6.45, 7) is 2.75. The number of allylic oxidation sites excluding steroid dienone is 1. The van der Waals surface area contributed by atoms with Crippen molar-refractivity contribution >= 4 is 28.5 Å². The van der Waals surface area contributed by atoms with Crippen LogP contribution in [0.15, 0.2) is 66.2 Å². The van der Waals surface area contributed by atoms with Gasteiger partial charge in [0.25, 0.3) is 0 Å². The number of nitrogens with two attached hydrogens (primary N) is 1. The molecule has 0 amide bonds. The molecule has 0 saturated carbocycles. The number of hydrogen-bond donors (Lipinski definition) is 1. The zero-order valence-electron chi connectivity index (χ0n) is 22.4. The Labute approximate surface area is 232 Å². The monoisotopic (exact) mass is 531 g/mol. The predicted molar refractivity (Wildman–Crippen MR) is 155 cm³/mol. The number of aromatic nitrogens is 4. The summed E-state index contributed by atoms with van der Waals surface area (Å²) in [7, 11) is 3.33. The highest BCUT2D eigenvalue weighted by molar-refractivity contribution is 6.12. The molecule has 3 fully saturated rings. The van der Waals surface area contributed by atoms with Gasteiger partial charge in [-0.05, 0) is 47.4 Å². The maximum atomic E-state index is 9.79. The molecule has 10 nitrogen and oxygen atoms in total. The van der Waals surface area contributed by atoms with Gasteiger partial charge in [0.1, 0.15) is 11.9 Å². The van der Waals surface area contributed by atoms with E-state index >= 15 is 0 Å². The summed E-state index contributed by atoms with van der Waals surface area (Å²) in [4.78, 5) is 18.2. The van der Waals surface area contributed by atoms with Gasteiger partial charge >= 0.3 is 0 Å². The van der Waals surface area contributed by atoms with Gasteiger partial charge in [-0.15, -0.1) is 0 Å². The first kappa shape index (κ1) is 25.4. The Morgan fingerprint density at radius 3 is 2.65 bits per heavy atom. The van der Waals surface area contributed by atoms with Crippen LogP contribution in [0, 0.1) is 11.3 Å². The zero-order valence-corrected chi connectivity index (χ0v) is 22.4. The molecule has 40 heavy (non-hydrogen) atoms. The second kappa shape index (κ2) is 10.7. The maximum Gasteiger partial charge on any atom is 0.212 e. The average Bonchev–Trinajstić information content (AvgIpc) is 3.02. The molecule has 7 rings (SSSR count). The number of nitriles is 1. The molecule has 6 heterocycles. The molecule has 2 unspecified atom stereocenters. The summed E-state index contributed by atoms with van der Waals surface area (Å²) < 4.78 is 5.18. The Morgan fingerprint density at radius 2 is 2.00 bits per heavy atom. The molecule has 2 bridgehead atoms. The lowest BCUT2D eigenvalue weighted by molar-refractivity contribution is -0.00876. The average molecular weight is 532 g/mol. The van der Waals surface area contributed by atoms with E-state index in [0.717, 1.165) is 53.1 Å². The first-order chi connectivity index (χ1) is 19.6. The van der Waals surface area contributed by atoms with E-state index in [1.165, 1.54) is 24.4 Å². The van der Waals surface area contributed by atoms with Gasteiger partial charge in [-0.2, -0.15) is 15.5 Å². The van der Waals surface area contributed by atoms with Gasteiger partial charge < -0.3 is 15.4 Å². The third-order valence-corrected chi connectivity index (χ3v) is 7.74. The number of rotatable bonds is 7. The van der Waals surface area contributed by atoms with Crippen molar-refractivity contribution < 1.29 is 4.74 Å². The number of hydrogen-bond acceptors (Lipinski definition) is 10. The van der Waals surface area contributed by atoms with Crippen LogP contribution in [0.4, 0.5) is 5.82 Å². The van der Waals surface area contributed by atoms with Crippen molar-refractivity contribution in [1.29, 1.82) is 5.26 Å². The van der Waals surface area contributed by atoms with E-state index in [4.69, 9.17) is 15.5 Å². The highest BCUT2D eigenvalue weighted by Crippen LogP contribution is 2.37. The Balaban J connectivity index is 1.25. The lowest BCUT2D eigenvalue weighted by Gasteiger charge is -2.56. The third kappa shape index (κ3) is 4.61. The van der Waals surface area contributed by atoms with Crippen molar-refractivity contribution in [3.8, 4) is 23.1 Å². The van der Waals surface area contributed by atoms with Gasteiger partial charge in [0.15, 0.2) is 0 Å². The molecular weight excluding hydrogens is 502 g/mol. The number of piperidine rings is 1. The Kier molecular flexibility index (Phi) is 6.80. The predicted octanol–water partition coefficient (Wildman–Crippen LogP) is 3.43. The van der Waals surface area contributed by atoms with Crippen LogP contribution in [0.5, 0.6) is 5.88 Å². The van der Waals surface area contributed by atoms with Crippen molar-refractivity contribution in [2.75, 3.05) is 32.1 Å². The van der Waals surface area contributed by atoms with E-state index in [1.54, 1.807) is 20.4 Å². The van der Waals surface area contributed by atoms with Gasteiger partial charge in [-0.1, -0.05) is 6.07 Å². The summed E-state index contributed by atoms with van der Waals surface area (Å²) in [5.41, 5.74) is 11.5. The number of aliphatic imine (C=N–C) groups is 1. The molecule has 0 radical (unpaired) electrons. The van der Waals surface area contributed by atoms with Crippen molar-refractivity contribution in [3.05, 3.63) is 77.9 Å². The lowest BCUT2D eigenvalue weighted by Crippen LogP contribution is -2.68. The minimum absolute atomic E-state index is 0.460. The van der Waals surface area contributed by atoms with E-state index in [0.29, 0.717) is 29.0 Å². The molecular formula is C30H29N9O. The van der Waals surface area contributed by atoms with Crippen LogP contribution >= 0.6 is 0 Å². The Bertz CT molecular complexity index is 1630. The Morgan fingerprint density at radius 1 is 1.15 bits per heavy atom. The number of piperazine rings is 1. The normalized spacial score (nSPS) is 19.0. The summed E-state index contributed by atoms with van der Waals surface area (Å²) in [5, 5.41) is 18.9. The van der Waals surface area contributed by atoms with Crippen LogP contribution in [-0.4, -0.2) is 70.6 Å². The smallest absolute Gasteiger partial charge is 0.212 e. The fourth-order valence-corrected chi connectivity index (χ4v) is 5.73. The molecule has 3 aliphatic rings. The molecule has 10 heteroatoms. The van der Waals surface area contributed by atoms with Crippen LogP contribution in [0.2, 0.25) is 0 Å². The summed E-state index contributed by atoms with van der Waals surface area (Å²) in [5.74, 6) is 1.58. The molecule has 1 aromatic carbocycles. The van der Waals surface area contributed by atoms with Crippen molar-refractivity contribution in [1.82, 2.24) is 25.1 Å². The van der Waals surface area contributed by atoms with E-state index in [2.05, 4.69) is 54.2 Å². The molecule has 3 aliphatic heterocycles. The number of benzene rings is 1. The molecule has 4 aromatic rings. The molecule has 3 aromatic heterocycles. The van der Waals surface area contributed by atoms with Gasteiger partial charge in [0, 0.05) is 86.2 Å². The van der Waals surface area contributed by atoms with Crippen LogP contribution in [0.3, 0.4) is 0 Å². The summed E-state index contributed by atoms with van der Waals surface area (Å²) in [6.07, 6.45) is 9.67. The quantitative estimate of drug-likeness (QED) is 0.357. The van der Waals surface area contributed by atoms with Crippen LogP contribution in [0.25, 0.3) is 27.6 Å². The summed E-state index contributed by atoms with van der Waals surface area (Å²) in [6, 6.07) is 15.2. The van der Waals surface area contributed by atoms with Gasteiger partial charge in [0.05, 0.1) is 24.4 Å². The van der Waals surface area contributed by atoms with Crippen LogP contribution in [0.1, 0.15) is 23.1 Å².